The van der Waals surface area contributed by atoms with Crippen molar-refractivity contribution in [1.29, 1.82) is 0 Å². The number of benzene rings is 2. The number of hydrogen-bond acceptors (Lipinski definition) is 8. The molecular weight excluding hydrogens is 494 g/mol. The molecule has 0 unspecified atom stereocenters. The summed E-state index contributed by atoms with van der Waals surface area (Å²) in [5.74, 6) is -0.501. The summed E-state index contributed by atoms with van der Waals surface area (Å²) >= 11 is 0. The Morgan fingerprint density at radius 2 is 1.87 bits per heavy atom. The second-order valence-corrected chi connectivity index (χ2v) is 8.25. The molecule has 196 valence electrons. The van der Waals surface area contributed by atoms with E-state index in [0.29, 0.717) is 28.5 Å². The maximum Gasteiger partial charge on any atom is 0.373 e. The number of ether oxygens (including phenoxy) is 3. The molecular formula is C27H25N3O8. The molecule has 1 aliphatic rings. The molecule has 0 atom stereocenters. The SMILES string of the molecule is COC(=O)c1ccc(COc2ccc(C=C3NC(=O)N(CC(=O)Nc4cccc(C)c4)C3=O)cc2OC)o1. The van der Waals surface area contributed by atoms with E-state index in [0.717, 1.165) is 10.5 Å². The summed E-state index contributed by atoms with van der Waals surface area (Å²) in [5.41, 5.74) is 2.10. The molecule has 1 aromatic heterocycles. The Balaban J connectivity index is 1.41. The molecule has 1 aliphatic heterocycles. The van der Waals surface area contributed by atoms with Crippen LogP contribution in [0.3, 0.4) is 0 Å². The number of aryl methyl sites for hydroxylation is 1. The summed E-state index contributed by atoms with van der Waals surface area (Å²) in [5, 5.41) is 5.17. The molecule has 0 bridgehead atoms. The van der Waals surface area contributed by atoms with Gasteiger partial charge in [0.1, 0.15) is 24.6 Å². The maximum atomic E-state index is 12.8. The number of furan rings is 1. The largest absolute Gasteiger partial charge is 0.493 e. The minimum absolute atomic E-state index is 0.0139. The molecule has 2 aromatic carbocycles. The van der Waals surface area contributed by atoms with Crippen molar-refractivity contribution >= 4 is 35.6 Å². The lowest BCUT2D eigenvalue weighted by atomic mass is 10.1. The van der Waals surface area contributed by atoms with Gasteiger partial charge in [-0.1, -0.05) is 18.2 Å². The summed E-state index contributed by atoms with van der Waals surface area (Å²) < 4.78 is 21.1. The van der Waals surface area contributed by atoms with Crippen LogP contribution in [-0.4, -0.2) is 49.5 Å². The molecule has 0 aliphatic carbocycles. The molecule has 2 heterocycles. The van der Waals surface area contributed by atoms with E-state index in [1.54, 1.807) is 42.5 Å². The Labute approximate surface area is 218 Å². The molecule has 1 fully saturated rings. The van der Waals surface area contributed by atoms with Crippen molar-refractivity contribution in [3.8, 4) is 11.5 Å². The standard InChI is InChI=1S/C27H25N3O8/c1-16-5-4-6-18(11-16)28-24(31)14-30-25(32)20(29-27(30)34)12-17-7-9-21(23(13-17)35-2)37-15-19-8-10-22(38-19)26(33)36-3/h4-13H,14-15H2,1-3H3,(H,28,31)(H,29,34). The normalized spacial score (nSPS) is 13.9. The summed E-state index contributed by atoms with van der Waals surface area (Å²) in [6.07, 6.45) is 1.47. The molecule has 1 saturated heterocycles. The van der Waals surface area contributed by atoms with Gasteiger partial charge in [-0.3, -0.25) is 9.59 Å². The molecule has 11 nitrogen and oxygen atoms in total. The number of hydrogen-bond donors (Lipinski definition) is 2. The van der Waals surface area contributed by atoms with Crippen LogP contribution in [0.5, 0.6) is 11.5 Å². The summed E-state index contributed by atoms with van der Waals surface area (Å²) in [6.45, 7) is 1.48. The lowest BCUT2D eigenvalue weighted by Gasteiger charge is -2.12. The fourth-order valence-corrected chi connectivity index (χ4v) is 3.66. The second-order valence-electron chi connectivity index (χ2n) is 8.25. The minimum Gasteiger partial charge on any atom is -0.493 e. The molecule has 0 radical (unpaired) electrons. The number of imide groups is 1. The molecule has 11 heteroatoms. The van der Waals surface area contributed by atoms with Crippen LogP contribution in [0, 0.1) is 6.92 Å². The molecule has 0 spiro atoms. The van der Waals surface area contributed by atoms with Crippen molar-refractivity contribution < 1.29 is 37.8 Å². The van der Waals surface area contributed by atoms with Crippen molar-refractivity contribution in [2.75, 3.05) is 26.1 Å². The maximum absolute atomic E-state index is 12.8. The smallest absolute Gasteiger partial charge is 0.373 e. The average Bonchev–Trinajstić information content (AvgIpc) is 3.47. The van der Waals surface area contributed by atoms with Crippen molar-refractivity contribution in [3.05, 3.63) is 82.9 Å². The van der Waals surface area contributed by atoms with Crippen molar-refractivity contribution in [1.82, 2.24) is 10.2 Å². The molecule has 38 heavy (non-hydrogen) atoms. The number of nitrogens with zero attached hydrogens (tertiary/aromatic N) is 1. The molecule has 4 amide bonds. The Morgan fingerprint density at radius 1 is 1.05 bits per heavy atom. The molecule has 3 aromatic rings. The highest BCUT2D eigenvalue weighted by atomic mass is 16.5. The summed E-state index contributed by atoms with van der Waals surface area (Å²) in [6, 6.07) is 14.5. The van der Waals surface area contributed by atoms with Crippen LogP contribution in [0.15, 0.2) is 64.7 Å². The fraction of sp³-hybridized carbons (Fsp3) is 0.185. The Bertz CT molecular complexity index is 1430. The third-order valence-electron chi connectivity index (χ3n) is 5.48. The van der Waals surface area contributed by atoms with E-state index in [2.05, 4.69) is 15.4 Å². The number of carbonyl (C=O) groups is 4. The van der Waals surface area contributed by atoms with E-state index in [1.165, 1.54) is 26.4 Å². The van der Waals surface area contributed by atoms with Gasteiger partial charge >= 0.3 is 12.0 Å². The topological polar surface area (TPSA) is 136 Å². The van der Waals surface area contributed by atoms with E-state index in [-0.39, 0.29) is 18.1 Å². The molecule has 4 rings (SSSR count). The second kappa shape index (κ2) is 11.3. The lowest BCUT2D eigenvalue weighted by Crippen LogP contribution is -2.38. The van der Waals surface area contributed by atoms with Gasteiger partial charge in [-0.25, -0.2) is 14.5 Å². The van der Waals surface area contributed by atoms with Crippen molar-refractivity contribution in [3.63, 3.8) is 0 Å². The van der Waals surface area contributed by atoms with E-state index < -0.39 is 30.4 Å². The number of esters is 1. The zero-order valence-corrected chi connectivity index (χ0v) is 20.9. The Hall–Kier alpha value is -5.06. The van der Waals surface area contributed by atoms with Gasteiger partial charge in [0.05, 0.1) is 14.2 Å². The highest BCUT2D eigenvalue weighted by molar-refractivity contribution is 6.16. The predicted octanol–water partition coefficient (Wildman–Crippen LogP) is 3.49. The number of nitrogens with one attached hydrogen (secondary N) is 2. The first-order chi connectivity index (χ1) is 18.3. The van der Waals surface area contributed by atoms with Crippen LogP contribution in [0.4, 0.5) is 10.5 Å². The highest BCUT2D eigenvalue weighted by Crippen LogP contribution is 2.30. The van der Waals surface area contributed by atoms with Gasteiger partial charge in [-0.15, -0.1) is 0 Å². The van der Waals surface area contributed by atoms with Crippen LogP contribution >= 0.6 is 0 Å². The fourth-order valence-electron chi connectivity index (χ4n) is 3.66. The summed E-state index contributed by atoms with van der Waals surface area (Å²) in [4.78, 5) is 50.0. The monoisotopic (exact) mass is 519 g/mol. The lowest BCUT2D eigenvalue weighted by molar-refractivity contribution is -0.127. The van der Waals surface area contributed by atoms with Crippen LogP contribution < -0.4 is 20.1 Å². The Kier molecular flexibility index (Phi) is 7.76. The van der Waals surface area contributed by atoms with Crippen LogP contribution in [0.25, 0.3) is 6.08 Å². The minimum atomic E-state index is -0.697. The third kappa shape index (κ3) is 6.01. The van der Waals surface area contributed by atoms with Crippen LogP contribution in [-0.2, 0) is 20.9 Å². The number of amides is 4. The first-order valence-corrected chi connectivity index (χ1v) is 11.5. The third-order valence-corrected chi connectivity index (χ3v) is 5.48. The van der Waals surface area contributed by atoms with Gasteiger partial charge in [-0.05, 0) is 60.5 Å². The van der Waals surface area contributed by atoms with Crippen molar-refractivity contribution in [2.24, 2.45) is 0 Å². The van der Waals surface area contributed by atoms with Crippen LogP contribution in [0.1, 0.15) is 27.4 Å². The quantitative estimate of drug-likeness (QED) is 0.249. The van der Waals surface area contributed by atoms with E-state index in [1.807, 2.05) is 13.0 Å². The number of rotatable bonds is 9. The molecule has 0 saturated carbocycles. The molecule has 2 N–H and O–H groups in total. The first-order valence-electron chi connectivity index (χ1n) is 11.5. The van der Waals surface area contributed by atoms with Gasteiger partial charge < -0.3 is 29.3 Å². The van der Waals surface area contributed by atoms with Gasteiger partial charge in [0.25, 0.3) is 5.91 Å². The summed E-state index contributed by atoms with van der Waals surface area (Å²) in [7, 11) is 2.72. The number of anilines is 1. The zero-order valence-electron chi connectivity index (χ0n) is 20.9. The van der Waals surface area contributed by atoms with Gasteiger partial charge in [0.15, 0.2) is 11.5 Å². The van der Waals surface area contributed by atoms with Gasteiger partial charge in [0.2, 0.25) is 11.7 Å². The van der Waals surface area contributed by atoms with E-state index in [4.69, 9.17) is 13.9 Å². The van der Waals surface area contributed by atoms with Gasteiger partial charge in [0, 0.05) is 5.69 Å². The Morgan fingerprint density at radius 3 is 2.61 bits per heavy atom. The van der Waals surface area contributed by atoms with E-state index >= 15 is 0 Å². The zero-order chi connectivity index (χ0) is 27.2. The van der Waals surface area contributed by atoms with Gasteiger partial charge in [-0.2, -0.15) is 0 Å². The predicted molar refractivity (Wildman–Crippen MR) is 135 cm³/mol. The number of urea groups is 1. The van der Waals surface area contributed by atoms with Crippen LogP contribution in [0.2, 0.25) is 0 Å². The highest BCUT2D eigenvalue weighted by Gasteiger charge is 2.35. The number of methoxy groups -OCH3 is 2. The first kappa shape index (κ1) is 26.0. The number of carbonyl (C=O) groups excluding carboxylic acids is 4. The van der Waals surface area contributed by atoms with Crippen molar-refractivity contribution in [2.45, 2.75) is 13.5 Å². The van der Waals surface area contributed by atoms with E-state index in [9.17, 15) is 19.2 Å². The average molecular weight is 520 g/mol.